The third kappa shape index (κ3) is 4.43. The van der Waals surface area contributed by atoms with Gasteiger partial charge >= 0.3 is 0 Å². The highest BCUT2D eigenvalue weighted by Gasteiger charge is 2.24. The molecule has 0 radical (unpaired) electrons. The van der Waals surface area contributed by atoms with Crippen LogP contribution in [-0.4, -0.2) is 51.9 Å². The lowest BCUT2D eigenvalue weighted by Crippen LogP contribution is -2.43. The van der Waals surface area contributed by atoms with Crippen molar-refractivity contribution in [1.82, 2.24) is 25.4 Å². The van der Waals surface area contributed by atoms with Crippen molar-refractivity contribution in [2.75, 3.05) is 19.8 Å². The molecule has 2 aliphatic rings. The van der Waals surface area contributed by atoms with E-state index < -0.39 is 0 Å². The third-order valence-electron chi connectivity index (χ3n) is 5.11. The van der Waals surface area contributed by atoms with E-state index in [0.29, 0.717) is 6.04 Å². The fourth-order valence-corrected chi connectivity index (χ4v) is 4.49. The fourth-order valence-electron chi connectivity index (χ4n) is 3.70. The van der Waals surface area contributed by atoms with Crippen LogP contribution in [0.15, 0.2) is 4.99 Å². The summed E-state index contributed by atoms with van der Waals surface area (Å²) in [5.74, 6) is 3.19. The van der Waals surface area contributed by atoms with E-state index in [1.165, 1.54) is 44.3 Å². The van der Waals surface area contributed by atoms with E-state index in [-0.39, 0.29) is 0 Å². The highest BCUT2D eigenvalue weighted by Crippen LogP contribution is 2.28. The Kier molecular flexibility index (Phi) is 6.40. The van der Waals surface area contributed by atoms with E-state index >= 15 is 0 Å². The second-order valence-electron chi connectivity index (χ2n) is 6.76. The summed E-state index contributed by atoms with van der Waals surface area (Å²) in [7, 11) is 1.85. The second-order valence-corrected chi connectivity index (χ2v) is 7.89. The number of aryl methyl sites for hydroxylation is 1. The lowest BCUT2D eigenvalue weighted by molar-refractivity contribution is 0.593. The molecular weight excluding hydrogens is 320 g/mol. The molecule has 1 aliphatic carbocycles. The molecule has 24 heavy (non-hydrogen) atoms. The first-order chi connectivity index (χ1) is 11.8. The summed E-state index contributed by atoms with van der Waals surface area (Å²) in [6, 6.07) is 0.554. The standard InChI is InChI=1S/C17H30N6S/c1-18-17(20-13-7-8-14(12-13)24-2)19-10-9-16-22-21-15-6-4-3-5-11-23(15)16/h13-14H,3-12H2,1-2H3,(H2,18,19,20). The molecule has 0 spiro atoms. The Hall–Kier alpha value is -1.24. The monoisotopic (exact) mass is 350 g/mol. The van der Waals surface area contributed by atoms with E-state index in [4.69, 9.17) is 0 Å². The van der Waals surface area contributed by atoms with Gasteiger partial charge in [-0.3, -0.25) is 4.99 Å². The van der Waals surface area contributed by atoms with Crippen LogP contribution in [0.25, 0.3) is 0 Å². The number of guanidine groups is 1. The van der Waals surface area contributed by atoms with Crippen LogP contribution < -0.4 is 10.6 Å². The summed E-state index contributed by atoms with van der Waals surface area (Å²) in [6.45, 7) is 1.92. The van der Waals surface area contributed by atoms with Crippen molar-refractivity contribution in [3.05, 3.63) is 11.6 Å². The van der Waals surface area contributed by atoms with Crippen LogP contribution in [0.5, 0.6) is 0 Å². The van der Waals surface area contributed by atoms with Gasteiger partial charge in [0.2, 0.25) is 0 Å². The van der Waals surface area contributed by atoms with Crippen LogP contribution >= 0.6 is 11.8 Å². The van der Waals surface area contributed by atoms with Crippen molar-refractivity contribution in [1.29, 1.82) is 0 Å². The molecule has 3 rings (SSSR count). The normalized spacial score (nSPS) is 24.5. The SMILES string of the molecule is CN=C(NCCc1nnc2n1CCCCC2)NC1CCC(SC)C1. The third-order valence-corrected chi connectivity index (χ3v) is 6.20. The van der Waals surface area contributed by atoms with Crippen molar-refractivity contribution in [3.63, 3.8) is 0 Å². The van der Waals surface area contributed by atoms with Gasteiger partial charge in [-0.2, -0.15) is 11.8 Å². The molecule has 134 valence electrons. The molecule has 1 fully saturated rings. The first-order valence-corrected chi connectivity index (χ1v) is 10.5. The van der Waals surface area contributed by atoms with Gasteiger partial charge in [-0.05, 0) is 38.4 Å². The Morgan fingerprint density at radius 2 is 2.21 bits per heavy atom. The molecule has 1 aromatic rings. The van der Waals surface area contributed by atoms with E-state index in [1.807, 2.05) is 18.8 Å². The minimum absolute atomic E-state index is 0.554. The number of aliphatic imine (C=N–C) groups is 1. The van der Waals surface area contributed by atoms with Gasteiger partial charge in [-0.25, -0.2) is 0 Å². The smallest absolute Gasteiger partial charge is 0.191 e. The maximum Gasteiger partial charge on any atom is 0.191 e. The molecule has 2 heterocycles. The Balaban J connectivity index is 1.46. The molecule has 6 nitrogen and oxygen atoms in total. The quantitative estimate of drug-likeness (QED) is 0.628. The maximum absolute atomic E-state index is 4.40. The lowest BCUT2D eigenvalue weighted by Gasteiger charge is -2.17. The molecule has 1 aliphatic heterocycles. The molecule has 1 saturated carbocycles. The predicted octanol–water partition coefficient (Wildman–Crippen LogP) is 2.00. The maximum atomic E-state index is 4.40. The van der Waals surface area contributed by atoms with Crippen LogP contribution in [0.1, 0.15) is 50.2 Å². The molecule has 0 amide bonds. The minimum atomic E-state index is 0.554. The number of hydrogen-bond acceptors (Lipinski definition) is 4. The zero-order chi connectivity index (χ0) is 16.8. The average Bonchev–Trinajstić information content (AvgIpc) is 3.14. The number of aromatic nitrogens is 3. The second kappa shape index (κ2) is 8.74. The summed E-state index contributed by atoms with van der Waals surface area (Å²) >= 11 is 1.98. The minimum Gasteiger partial charge on any atom is -0.356 e. The van der Waals surface area contributed by atoms with Crippen molar-refractivity contribution in [2.45, 2.75) is 69.2 Å². The van der Waals surface area contributed by atoms with Crippen LogP contribution in [0.3, 0.4) is 0 Å². The van der Waals surface area contributed by atoms with E-state index in [1.54, 1.807) is 0 Å². The number of nitrogens with zero attached hydrogens (tertiary/aromatic N) is 4. The van der Waals surface area contributed by atoms with Crippen molar-refractivity contribution >= 4 is 17.7 Å². The van der Waals surface area contributed by atoms with Crippen LogP contribution in [0.4, 0.5) is 0 Å². The highest BCUT2D eigenvalue weighted by atomic mass is 32.2. The number of rotatable bonds is 5. The van der Waals surface area contributed by atoms with E-state index in [2.05, 4.69) is 36.6 Å². The molecule has 7 heteroatoms. The predicted molar refractivity (Wildman–Crippen MR) is 101 cm³/mol. The molecule has 0 saturated heterocycles. The van der Waals surface area contributed by atoms with Gasteiger partial charge in [0.25, 0.3) is 0 Å². The zero-order valence-electron chi connectivity index (χ0n) is 14.9. The van der Waals surface area contributed by atoms with Crippen LogP contribution in [-0.2, 0) is 19.4 Å². The number of hydrogen-bond donors (Lipinski definition) is 2. The van der Waals surface area contributed by atoms with Gasteiger partial charge in [0.15, 0.2) is 5.96 Å². The molecule has 1 aromatic heterocycles. The number of nitrogens with one attached hydrogen (secondary N) is 2. The van der Waals surface area contributed by atoms with Gasteiger partial charge in [-0.15, -0.1) is 10.2 Å². The number of fused-ring (bicyclic) bond motifs is 1. The largest absolute Gasteiger partial charge is 0.356 e. The summed E-state index contributed by atoms with van der Waals surface area (Å²) in [6.07, 6.45) is 11.7. The van der Waals surface area contributed by atoms with Crippen molar-refractivity contribution in [3.8, 4) is 0 Å². The first-order valence-electron chi connectivity index (χ1n) is 9.21. The van der Waals surface area contributed by atoms with E-state index in [9.17, 15) is 0 Å². The Bertz CT molecular complexity index is 555. The molecular formula is C17H30N6S. The summed E-state index contributed by atoms with van der Waals surface area (Å²) in [5.41, 5.74) is 0. The van der Waals surface area contributed by atoms with Gasteiger partial charge in [0.05, 0.1) is 0 Å². The van der Waals surface area contributed by atoms with E-state index in [0.717, 1.165) is 43.0 Å². The number of thioether (sulfide) groups is 1. The van der Waals surface area contributed by atoms with Crippen LogP contribution in [0, 0.1) is 0 Å². The lowest BCUT2D eigenvalue weighted by atomic mass is 10.2. The molecule has 0 aromatic carbocycles. The average molecular weight is 351 g/mol. The van der Waals surface area contributed by atoms with Gasteiger partial charge in [0, 0.05) is 44.3 Å². The summed E-state index contributed by atoms with van der Waals surface area (Å²) < 4.78 is 2.32. The Morgan fingerprint density at radius 1 is 1.29 bits per heavy atom. The van der Waals surface area contributed by atoms with Gasteiger partial charge < -0.3 is 15.2 Å². The highest BCUT2D eigenvalue weighted by molar-refractivity contribution is 7.99. The first kappa shape index (κ1) is 17.6. The fraction of sp³-hybridized carbons (Fsp3) is 0.824. The van der Waals surface area contributed by atoms with Crippen molar-refractivity contribution < 1.29 is 0 Å². The zero-order valence-corrected chi connectivity index (χ0v) is 15.7. The topological polar surface area (TPSA) is 67.1 Å². The Morgan fingerprint density at radius 3 is 3.00 bits per heavy atom. The van der Waals surface area contributed by atoms with Gasteiger partial charge in [0.1, 0.15) is 11.6 Å². The van der Waals surface area contributed by atoms with Gasteiger partial charge in [-0.1, -0.05) is 6.42 Å². The van der Waals surface area contributed by atoms with Crippen LogP contribution in [0.2, 0.25) is 0 Å². The molecule has 0 bridgehead atoms. The van der Waals surface area contributed by atoms with Crippen molar-refractivity contribution in [2.24, 2.45) is 4.99 Å². The molecule has 2 unspecified atom stereocenters. The molecule has 2 N–H and O–H groups in total. The summed E-state index contributed by atoms with van der Waals surface area (Å²) in [4.78, 5) is 4.37. The summed E-state index contributed by atoms with van der Waals surface area (Å²) in [5, 5.41) is 16.6. The molecule has 2 atom stereocenters. The Labute approximate surface area is 149 Å².